The molecule has 0 spiro atoms. The lowest BCUT2D eigenvalue weighted by Gasteiger charge is -2.22. The summed E-state index contributed by atoms with van der Waals surface area (Å²) in [7, 11) is 1.59. The molecule has 1 aliphatic heterocycles. The Morgan fingerprint density at radius 2 is 2.05 bits per heavy atom. The van der Waals surface area contributed by atoms with E-state index >= 15 is 0 Å². The minimum absolute atomic E-state index is 0. The second-order valence-electron chi connectivity index (χ2n) is 4.81. The standard InChI is InChI=1S/C15H22N2O3.ClH/c1-3-20-13-5-4-12(10-14(13)19-2)17-15(18)11-6-8-16-9-7-11;/h4-5,10-11,16H,3,6-9H2,1-2H3,(H,17,18);1H. The van der Waals surface area contributed by atoms with Gasteiger partial charge in [-0.05, 0) is 45.0 Å². The fraction of sp³-hybridized carbons (Fsp3) is 0.533. The van der Waals surface area contributed by atoms with E-state index in [9.17, 15) is 4.79 Å². The van der Waals surface area contributed by atoms with Crippen molar-refractivity contribution in [2.75, 3.05) is 32.1 Å². The van der Waals surface area contributed by atoms with Crippen molar-refractivity contribution in [3.8, 4) is 11.5 Å². The summed E-state index contributed by atoms with van der Waals surface area (Å²) >= 11 is 0. The van der Waals surface area contributed by atoms with E-state index in [1.165, 1.54) is 0 Å². The summed E-state index contributed by atoms with van der Waals surface area (Å²) in [6.07, 6.45) is 1.78. The van der Waals surface area contributed by atoms with Crippen molar-refractivity contribution in [1.82, 2.24) is 5.32 Å². The van der Waals surface area contributed by atoms with Crippen LogP contribution in [0.15, 0.2) is 18.2 Å². The third-order valence-corrected chi connectivity index (χ3v) is 3.44. The molecule has 2 rings (SSSR count). The topological polar surface area (TPSA) is 59.6 Å². The number of piperidine rings is 1. The van der Waals surface area contributed by atoms with Crippen LogP contribution in [0.1, 0.15) is 19.8 Å². The molecule has 1 saturated heterocycles. The molecule has 1 aromatic carbocycles. The van der Waals surface area contributed by atoms with Crippen LogP contribution in [-0.4, -0.2) is 32.7 Å². The van der Waals surface area contributed by atoms with Gasteiger partial charge in [0.25, 0.3) is 0 Å². The van der Waals surface area contributed by atoms with Crippen LogP contribution in [-0.2, 0) is 4.79 Å². The summed E-state index contributed by atoms with van der Waals surface area (Å²) in [4.78, 5) is 12.2. The molecule has 0 aliphatic carbocycles. The number of benzene rings is 1. The highest BCUT2D eigenvalue weighted by molar-refractivity contribution is 5.93. The van der Waals surface area contributed by atoms with E-state index in [2.05, 4.69) is 10.6 Å². The van der Waals surface area contributed by atoms with Gasteiger partial charge in [-0.1, -0.05) is 0 Å². The first-order valence-corrected chi connectivity index (χ1v) is 7.07. The number of halogens is 1. The van der Waals surface area contributed by atoms with Crippen molar-refractivity contribution in [3.05, 3.63) is 18.2 Å². The molecule has 21 heavy (non-hydrogen) atoms. The van der Waals surface area contributed by atoms with Crippen LogP contribution >= 0.6 is 12.4 Å². The molecule has 5 nitrogen and oxygen atoms in total. The van der Waals surface area contributed by atoms with Crippen LogP contribution in [0.25, 0.3) is 0 Å². The fourth-order valence-electron chi connectivity index (χ4n) is 2.35. The summed E-state index contributed by atoms with van der Waals surface area (Å²) in [5, 5.41) is 6.21. The predicted octanol–water partition coefficient (Wildman–Crippen LogP) is 2.45. The number of ether oxygens (including phenoxy) is 2. The normalized spacial score (nSPS) is 15.0. The molecule has 2 N–H and O–H groups in total. The number of rotatable bonds is 5. The van der Waals surface area contributed by atoms with Gasteiger partial charge < -0.3 is 20.1 Å². The van der Waals surface area contributed by atoms with Crippen molar-refractivity contribution >= 4 is 24.0 Å². The van der Waals surface area contributed by atoms with Gasteiger partial charge in [0, 0.05) is 17.7 Å². The molecule has 0 unspecified atom stereocenters. The summed E-state index contributed by atoms with van der Waals surface area (Å²) < 4.78 is 10.7. The molecular weight excluding hydrogens is 292 g/mol. The van der Waals surface area contributed by atoms with Gasteiger partial charge in [-0.2, -0.15) is 0 Å². The van der Waals surface area contributed by atoms with Gasteiger partial charge in [0.2, 0.25) is 5.91 Å². The number of amides is 1. The largest absolute Gasteiger partial charge is 0.493 e. The number of methoxy groups -OCH3 is 1. The summed E-state index contributed by atoms with van der Waals surface area (Å²) in [6, 6.07) is 5.46. The zero-order valence-electron chi connectivity index (χ0n) is 12.5. The van der Waals surface area contributed by atoms with Crippen LogP contribution in [0.2, 0.25) is 0 Å². The first-order valence-electron chi connectivity index (χ1n) is 7.07. The second-order valence-corrected chi connectivity index (χ2v) is 4.81. The minimum Gasteiger partial charge on any atom is -0.493 e. The number of hydrogen-bond acceptors (Lipinski definition) is 4. The third-order valence-electron chi connectivity index (χ3n) is 3.44. The Morgan fingerprint density at radius 1 is 1.33 bits per heavy atom. The number of nitrogens with one attached hydrogen (secondary N) is 2. The van der Waals surface area contributed by atoms with Gasteiger partial charge in [-0.15, -0.1) is 12.4 Å². The Kier molecular flexibility index (Phi) is 7.32. The molecule has 0 radical (unpaired) electrons. The average Bonchev–Trinajstić information content (AvgIpc) is 2.50. The Morgan fingerprint density at radius 3 is 2.67 bits per heavy atom. The molecule has 6 heteroatoms. The Hall–Kier alpha value is -1.46. The van der Waals surface area contributed by atoms with E-state index in [1.807, 2.05) is 19.1 Å². The molecule has 0 saturated carbocycles. The lowest BCUT2D eigenvalue weighted by Crippen LogP contribution is -2.34. The first kappa shape index (κ1) is 17.6. The van der Waals surface area contributed by atoms with E-state index in [0.717, 1.165) is 31.6 Å². The summed E-state index contributed by atoms with van der Waals surface area (Å²) in [5.74, 6) is 1.50. The van der Waals surface area contributed by atoms with Crippen LogP contribution in [0.4, 0.5) is 5.69 Å². The molecule has 0 aromatic heterocycles. The summed E-state index contributed by atoms with van der Waals surface area (Å²) in [6.45, 7) is 4.32. The van der Waals surface area contributed by atoms with E-state index in [4.69, 9.17) is 9.47 Å². The molecule has 0 atom stereocenters. The highest BCUT2D eigenvalue weighted by Crippen LogP contribution is 2.30. The fourth-order valence-corrected chi connectivity index (χ4v) is 2.35. The Balaban J connectivity index is 0.00000220. The lowest BCUT2D eigenvalue weighted by atomic mass is 9.97. The summed E-state index contributed by atoms with van der Waals surface area (Å²) in [5.41, 5.74) is 0.744. The van der Waals surface area contributed by atoms with Crippen LogP contribution < -0.4 is 20.1 Å². The number of anilines is 1. The van der Waals surface area contributed by atoms with Crippen molar-refractivity contribution in [3.63, 3.8) is 0 Å². The van der Waals surface area contributed by atoms with E-state index < -0.39 is 0 Å². The van der Waals surface area contributed by atoms with E-state index in [1.54, 1.807) is 13.2 Å². The SMILES string of the molecule is CCOc1ccc(NC(=O)C2CCNCC2)cc1OC.Cl. The maximum atomic E-state index is 12.2. The van der Waals surface area contributed by atoms with Crippen molar-refractivity contribution in [1.29, 1.82) is 0 Å². The van der Waals surface area contributed by atoms with Gasteiger partial charge in [0.1, 0.15) is 0 Å². The Labute approximate surface area is 131 Å². The quantitative estimate of drug-likeness (QED) is 0.876. The molecule has 118 valence electrons. The van der Waals surface area contributed by atoms with Gasteiger partial charge in [0.15, 0.2) is 11.5 Å². The maximum Gasteiger partial charge on any atom is 0.227 e. The van der Waals surface area contributed by atoms with Crippen molar-refractivity contribution in [2.24, 2.45) is 5.92 Å². The highest BCUT2D eigenvalue weighted by Gasteiger charge is 2.21. The third kappa shape index (κ3) is 4.79. The van der Waals surface area contributed by atoms with Crippen LogP contribution in [0, 0.1) is 5.92 Å². The van der Waals surface area contributed by atoms with Crippen molar-refractivity contribution < 1.29 is 14.3 Å². The average molecular weight is 315 g/mol. The van der Waals surface area contributed by atoms with E-state index in [-0.39, 0.29) is 24.2 Å². The zero-order valence-corrected chi connectivity index (χ0v) is 13.3. The van der Waals surface area contributed by atoms with Crippen LogP contribution in [0.5, 0.6) is 11.5 Å². The first-order chi connectivity index (χ1) is 9.74. The lowest BCUT2D eigenvalue weighted by molar-refractivity contribution is -0.120. The van der Waals surface area contributed by atoms with Crippen LogP contribution in [0.3, 0.4) is 0 Å². The monoisotopic (exact) mass is 314 g/mol. The molecular formula is C15H23ClN2O3. The predicted molar refractivity (Wildman–Crippen MR) is 85.6 cm³/mol. The van der Waals surface area contributed by atoms with Crippen molar-refractivity contribution in [2.45, 2.75) is 19.8 Å². The number of hydrogen-bond donors (Lipinski definition) is 2. The number of carbonyl (C=O) groups is 1. The van der Waals surface area contributed by atoms with Gasteiger partial charge in [-0.3, -0.25) is 4.79 Å². The molecule has 1 aliphatic rings. The molecule has 1 fully saturated rings. The molecule has 1 heterocycles. The molecule has 0 bridgehead atoms. The minimum atomic E-state index is 0. The maximum absolute atomic E-state index is 12.2. The highest BCUT2D eigenvalue weighted by atomic mass is 35.5. The number of carbonyl (C=O) groups excluding carboxylic acids is 1. The van der Waals surface area contributed by atoms with Gasteiger partial charge in [0.05, 0.1) is 13.7 Å². The van der Waals surface area contributed by atoms with E-state index in [0.29, 0.717) is 18.1 Å². The molecule has 1 amide bonds. The molecule has 1 aromatic rings. The Bertz CT molecular complexity index is 462. The zero-order chi connectivity index (χ0) is 14.4. The van der Waals surface area contributed by atoms with Gasteiger partial charge in [-0.25, -0.2) is 0 Å². The van der Waals surface area contributed by atoms with Gasteiger partial charge >= 0.3 is 0 Å². The smallest absolute Gasteiger partial charge is 0.227 e. The second kappa shape index (κ2) is 8.74.